The highest BCUT2D eigenvalue weighted by Gasteiger charge is 2.14. The Kier molecular flexibility index (Phi) is 5.27. The average molecular weight is 350 g/mol. The van der Waals surface area contributed by atoms with Crippen LogP contribution in [0.2, 0.25) is 0 Å². The van der Waals surface area contributed by atoms with E-state index in [1.54, 1.807) is 6.92 Å². The van der Waals surface area contributed by atoms with Crippen LogP contribution < -0.4 is 9.46 Å². The standard InChI is InChI=1S/C15H14N2O6S/c1-2-16-24(21,22)14-9-7-13(8-10-14)23-15(18)11-3-5-12(6-4-11)17(19)20/h3-10,16H,2H2,1H3. The minimum absolute atomic E-state index is 0.0551. The molecule has 0 fully saturated rings. The van der Waals surface area contributed by atoms with Gasteiger partial charge < -0.3 is 4.74 Å². The van der Waals surface area contributed by atoms with E-state index in [2.05, 4.69) is 4.72 Å². The fourth-order valence-electron chi connectivity index (χ4n) is 1.85. The molecule has 9 heteroatoms. The van der Waals surface area contributed by atoms with E-state index in [9.17, 15) is 23.3 Å². The van der Waals surface area contributed by atoms with Gasteiger partial charge in [-0.25, -0.2) is 17.9 Å². The first-order valence-corrected chi connectivity index (χ1v) is 8.38. The third-order valence-corrected chi connectivity index (χ3v) is 4.55. The summed E-state index contributed by atoms with van der Waals surface area (Å²) in [6.45, 7) is 1.93. The highest BCUT2D eigenvalue weighted by Crippen LogP contribution is 2.18. The predicted octanol–water partition coefficient (Wildman–Crippen LogP) is 2.11. The van der Waals surface area contributed by atoms with Gasteiger partial charge in [0.15, 0.2) is 0 Å². The van der Waals surface area contributed by atoms with Crippen LogP contribution in [0.15, 0.2) is 53.4 Å². The summed E-state index contributed by atoms with van der Waals surface area (Å²) in [5.74, 6) is -0.541. The minimum atomic E-state index is -3.57. The SMILES string of the molecule is CCNS(=O)(=O)c1ccc(OC(=O)c2ccc([N+](=O)[O-])cc2)cc1. The van der Waals surface area contributed by atoms with Crippen molar-refractivity contribution < 1.29 is 22.9 Å². The number of nitro groups is 1. The Hall–Kier alpha value is -2.78. The molecule has 0 saturated carbocycles. The van der Waals surface area contributed by atoms with Crippen LogP contribution in [-0.4, -0.2) is 25.9 Å². The molecular formula is C15H14N2O6S. The molecule has 126 valence electrons. The lowest BCUT2D eigenvalue weighted by Crippen LogP contribution is -2.23. The Morgan fingerprint density at radius 2 is 1.71 bits per heavy atom. The maximum atomic E-state index is 12.0. The Morgan fingerprint density at radius 1 is 1.12 bits per heavy atom. The molecule has 24 heavy (non-hydrogen) atoms. The molecule has 0 aliphatic rings. The molecule has 0 aliphatic heterocycles. The molecule has 0 atom stereocenters. The number of non-ortho nitro benzene ring substituents is 1. The molecule has 2 rings (SSSR count). The van der Waals surface area contributed by atoms with Crippen molar-refractivity contribution in [1.29, 1.82) is 0 Å². The third-order valence-electron chi connectivity index (χ3n) is 2.99. The van der Waals surface area contributed by atoms with E-state index in [0.29, 0.717) is 0 Å². The van der Waals surface area contributed by atoms with Crippen LogP contribution >= 0.6 is 0 Å². The van der Waals surface area contributed by atoms with Crippen molar-refractivity contribution in [3.05, 3.63) is 64.2 Å². The number of hydrogen-bond acceptors (Lipinski definition) is 6. The molecule has 0 amide bonds. The smallest absolute Gasteiger partial charge is 0.343 e. The summed E-state index contributed by atoms with van der Waals surface area (Å²) in [6.07, 6.45) is 0. The Labute approximate surface area is 138 Å². The van der Waals surface area contributed by atoms with E-state index < -0.39 is 20.9 Å². The molecule has 0 heterocycles. The summed E-state index contributed by atoms with van der Waals surface area (Å²) in [5, 5.41) is 10.6. The lowest BCUT2D eigenvalue weighted by Gasteiger charge is -2.07. The molecule has 8 nitrogen and oxygen atoms in total. The van der Waals surface area contributed by atoms with Crippen molar-refractivity contribution in [2.75, 3.05) is 6.54 Å². The normalized spacial score (nSPS) is 11.0. The Bertz CT molecular complexity index is 845. The second kappa shape index (κ2) is 7.20. The number of ether oxygens (including phenoxy) is 1. The summed E-state index contributed by atoms with van der Waals surface area (Å²) in [7, 11) is -3.57. The summed E-state index contributed by atoms with van der Waals surface area (Å²) >= 11 is 0. The van der Waals surface area contributed by atoms with Gasteiger partial charge in [-0.05, 0) is 36.4 Å². The first kappa shape index (κ1) is 17.6. The highest BCUT2D eigenvalue weighted by atomic mass is 32.2. The van der Waals surface area contributed by atoms with Crippen LogP contribution in [-0.2, 0) is 10.0 Å². The summed E-state index contributed by atoms with van der Waals surface area (Å²) in [5.41, 5.74) is 0.00878. The largest absolute Gasteiger partial charge is 0.423 e. The Morgan fingerprint density at radius 3 is 2.21 bits per heavy atom. The van der Waals surface area contributed by atoms with Crippen LogP contribution in [0.25, 0.3) is 0 Å². The van der Waals surface area contributed by atoms with Gasteiger partial charge in [0.25, 0.3) is 5.69 Å². The minimum Gasteiger partial charge on any atom is -0.423 e. The average Bonchev–Trinajstić information content (AvgIpc) is 2.55. The number of nitrogens with zero attached hydrogens (tertiary/aromatic N) is 1. The number of carbonyl (C=O) groups excluding carboxylic acids is 1. The second-order valence-electron chi connectivity index (χ2n) is 4.67. The number of nitrogens with one attached hydrogen (secondary N) is 1. The van der Waals surface area contributed by atoms with E-state index in [4.69, 9.17) is 4.74 Å². The molecule has 0 bridgehead atoms. The topological polar surface area (TPSA) is 116 Å². The fraction of sp³-hybridized carbons (Fsp3) is 0.133. The summed E-state index contributed by atoms with van der Waals surface area (Å²) in [4.78, 5) is 22.0. The molecule has 0 spiro atoms. The number of benzene rings is 2. The van der Waals surface area contributed by atoms with Crippen molar-refractivity contribution >= 4 is 21.7 Å². The number of rotatable bonds is 6. The molecule has 0 radical (unpaired) electrons. The van der Waals surface area contributed by atoms with Crippen LogP contribution in [0, 0.1) is 10.1 Å². The molecule has 0 aliphatic carbocycles. The van der Waals surface area contributed by atoms with E-state index in [-0.39, 0.29) is 28.4 Å². The highest BCUT2D eigenvalue weighted by molar-refractivity contribution is 7.89. The molecule has 1 N–H and O–H groups in total. The molecule has 2 aromatic rings. The van der Waals surface area contributed by atoms with Gasteiger partial charge in [-0.1, -0.05) is 6.92 Å². The summed E-state index contributed by atoms with van der Waals surface area (Å²) in [6, 6.07) is 10.3. The Balaban J connectivity index is 2.10. The molecule has 0 saturated heterocycles. The van der Waals surface area contributed by atoms with Crippen molar-refractivity contribution in [1.82, 2.24) is 4.72 Å². The van der Waals surface area contributed by atoms with Gasteiger partial charge in [0.1, 0.15) is 5.75 Å². The first-order valence-electron chi connectivity index (χ1n) is 6.90. The number of nitro benzene ring substituents is 1. The van der Waals surface area contributed by atoms with Gasteiger partial charge in [0.2, 0.25) is 10.0 Å². The zero-order valence-electron chi connectivity index (χ0n) is 12.6. The number of esters is 1. The lowest BCUT2D eigenvalue weighted by molar-refractivity contribution is -0.384. The third kappa shape index (κ3) is 4.15. The fourth-order valence-corrected chi connectivity index (χ4v) is 2.89. The van der Waals surface area contributed by atoms with Gasteiger partial charge in [0, 0.05) is 18.7 Å². The quantitative estimate of drug-likeness (QED) is 0.369. The van der Waals surface area contributed by atoms with E-state index in [0.717, 1.165) is 0 Å². The van der Waals surface area contributed by atoms with Crippen LogP contribution in [0.3, 0.4) is 0 Å². The molecule has 0 aromatic heterocycles. The zero-order chi connectivity index (χ0) is 17.7. The van der Waals surface area contributed by atoms with E-state index in [1.165, 1.54) is 48.5 Å². The molecule has 0 unspecified atom stereocenters. The second-order valence-corrected chi connectivity index (χ2v) is 6.43. The summed E-state index contributed by atoms with van der Waals surface area (Å²) < 4.78 is 31.1. The van der Waals surface area contributed by atoms with Gasteiger partial charge >= 0.3 is 5.97 Å². The molecular weight excluding hydrogens is 336 g/mol. The van der Waals surface area contributed by atoms with Gasteiger partial charge in [-0.15, -0.1) is 0 Å². The van der Waals surface area contributed by atoms with Crippen molar-refractivity contribution in [3.63, 3.8) is 0 Å². The van der Waals surface area contributed by atoms with Crippen LogP contribution in [0.4, 0.5) is 5.69 Å². The van der Waals surface area contributed by atoms with Gasteiger partial charge in [-0.2, -0.15) is 0 Å². The van der Waals surface area contributed by atoms with Gasteiger partial charge in [-0.3, -0.25) is 10.1 Å². The first-order chi connectivity index (χ1) is 11.3. The van der Waals surface area contributed by atoms with Crippen molar-refractivity contribution in [2.45, 2.75) is 11.8 Å². The number of hydrogen-bond donors (Lipinski definition) is 1. The van der Waals surface area contributed by atoms with Crippen molar-refractivity contribution in [3.8, 4) is 5.75 Å². The van der Waals surface area contributed by atoms with Crippen LogP contribution in [0.1, 0.15) is 17.3 Å². The zero-order valence-corrected chi connectivity index (χ0v) is 13.4. The lowest BCUT2D eigenvalue weighted by atomic mass is 10.2. The number of carbonyl (C=O) groups is 1. The van der Waals surface area contributed by atoms with Crippen molar-refractivity contribution in [2.24, 2.45) is 0 Å². The maximum absolute atomic E-state index is 12.0. The van der Waals surface area contributed by atoms with Gasteiger partial charge in [0.05, 0.1) is 15.4 Å². The monoisotopic (exact) mass is 350 g/mol. The van der Waals surface area contributed by atoms with E-state index >= 15 is 0 Å². The van der Waals surface area contributed by atoms with E-state index in [1.807, 2.05) is 0 Å². The van der Waals surface area contributed by atoms with Crippen LogP contribution in [0.5, 0.6) is 5.75 Å². The predicted molar refractivity (Wildman–Crippen MR) is 85.4 cm³/mol. The molecule has 2 aromatic carbocycles. The maximum Gasteiger partial charge on any atom is 0.343 e. The number of sulfonamides is 1.